The van der Waals surface area contributed by atoms with Crippen LogP contribution in [0.15, 0.2) is 12.2 Å². The Hall–Kier alpha value is -0.300. The van der Waals surface area contributed by atoms with Crippen LogP contribution in [0.2, 0.25) is 0 Å². The first kappa shape index (κ1) is 16.1. The fourth-order valence-electron chi connectivity index (χ4n) is 0.697. The molecule has 0 fully saturated rings. The maximum Gasteiger partial charge on any atom is 0.0679 e. The summed E-state index contributed by atoms with van der Waals surface area (Å²) in [5, 5.41) is 0. The van der Waals surface area contributed by atoms with Crippen molar-refractivity contribution in [2.75, 3.05) is 13.2 Å². The van der Waals surface area contributed by atoms with Gasteiger partial charge >= 0.3 is 0 Å². The summed E-state index contributed by atoms with van der Waals surface area (Å²) < 4.78 is 5.59. The lowest BCUT2D eigenvalue weighted by Crippen LogP contribution is -2.19. The summed E-state index contributed by atoms with van der Waals surface area (Å²) in [6, 6.07) is 0. The van der Waals surface area contributed by atoms with E-state index in [-0.39, 0.29) is 18.3 Å². The zero-order valence-corrected chi connectivity index (χ0v) is 10.0. The van der Waals surface area contributed by atoms with Gasteiger partial charge in [0.1, 0.15) is 0 Å². The second kappa shape index (κ2) is 5.55. The Balaban J connectivity index is 0. The Morgan fingerprint density at radius 2 is 1.50 bits per heavy atom. The Kier molecular flexibility index (Phi) is 6.40. The van der Waals surface area contributed by atoms with E-state index in [1.165, 1.54) is 0 Å². The molecule has 0 aliphatic rings. The molecule has 86 valence electrons. The van der Waals surface area contributed by atoms with Crippen molar-refractivity contribution in [1.29, 1.82) is 0 Å². The fourth-order valence-corrected chi connectivity index (χ4v) is 0.697. The minimum atomic E-state index is 0. The largest absolute Gasteiger partial charge is 0.377 e. The van der Waals surface area contributed by atoms with Gasteiger partial charge in [0.05, 0.1) is 13.2 Å². The molecule has 0 aliphatic carbocycles. The van der Waals surface area contributed by atoms with Crippen LogP contribution in [-0.4, -0.2) is 13.2 Å². The maximum absolute atomic E-state index is 5.59. The van der Waals surface area contributed by atoms with E-state index in [9.17, 15) is 0 Å². The maximum atomic E-state index is 5.59. The average molecular weight is 200 g/mol. The summed E-state index contributed by atoms with van der Waals surface area (Å²) in [5.41, 5.74) is 1.58. The molecule has 1 nitrogen and oxygen atoms in total. The molecule has 0 saturated heterocycles. The second-order valence-corrected chi connectivity index (χ2v) is 5.91. The van der Waals surface area contributed by atoms with Crippen LogP contribution in [0.3, 0.4) is 0 Å². The molecule has 0 unspecified atom stereocenters. The molecular weight excluding hydrogens is 172 g/mol. The van der Waals surface area contributed by atoms with Gasteiger partial charge in [0.2, 0.25) is 0 Å². The monoisotopic (exact) mass is 200 g/mol. The highest BCUT2D eigenvalue weighted by Crippen LogP contribution is 2.24. The van der Waals surface area contributed by atoms with E-state index in [0.717, 1.165) is 12.2 Å². The van der Waals surface area contributed by atoms with Crippen molar-refractivity contribution in [3.8, 4) is 0 Å². The third-order valence-electron chi connectivity index (χ3n) is 1.87. The molecule has 14 heavy (non-hydrogen) atoms. The van der Waals surface area contributed by atoms with Gasteiger partial charge in [-0.2, -0.15) is 0 Å². The van der Waals surface area contributed by atoms with E-state index in [2.05, 4.69) is 48.1 Å². The van der Waals surface area contributed by atoms with Crippen LogP contribution in [0.4, 0.5) is 0 Å². The molecule has 0 heterocycles. The van der Waals surface area contributed by atoms with Crippen LogP contribution >= 0.6 is 0 Å². The van der Waals surface area contributed by atoms with Crippen LogP contribution in [0.1, 0.15) is 49.0 Å². The molecule has 0 spiro atoms. The summed E-state index contributed by atoms with van der Waals surface area (Å²) in [4.78, 5) is 0. The molecular formula is C13H28O. The normalized spacial score (nSPS) is 12.1. The van der Waals surface area contributed by atoms with E-state index in [1.54, 1.807) is 0 Å². The molecule has 0 radical (unpaired) electrons. The van der Waals surface area contributed by atoms with Crippen molar-refractivity contribution in [2.24, 2.45) is 10.8 Å². The Morgan fingerprint density at radius 1 is 1.07 bits per heavy atom. The predicted molar refractivity (Wildman–Crippen MR) is 65.6 cm³/mol. The predicted octanol–water partition coefficient (Wildman–Crippen LogP) is 4.29. The van der Waals surface area contributed by atoms with Gasteiger partial charge in [-0.15, -0.1) is 0 Å². The summed E-state index contributed by atoms with van der Waals surface area (Å²) in [6.07, 6.45) is 0. The third-order valence-corrected chi connectivity index (χ3v) is 1.87. The van der Waals surface area contributed by atoms with Gasteiger partial charge in [0.25, 0.3) is 0 Å². The third kappa shape index (κ3) is 8.31. The van der Waals surface area contributed by atoms with E-state index < -0.39 is 0 Å². The first-order valence-electron chi connectivity index (χ1n) is 4.89. The van der Waals surface area contributed by atoms with E-state index in [1.807, 2.05) is 0 Å². The van der Waals surface area contributed by atoms with Crippen molar-refractivity contribution >= 4 is 0 Å². The van der Waals surface area contributed by atoms with Gasteiger partial charge < -0.3 is 4.74 Å². The molecule has 1 heteroatoms. The second-order valence-electron chi connectivity index (χ2n) is 5.91. The standard InChI is InChI=1S/C12H24O.CH4/c1-10(12(5,6)7)8-13-9-11(2,3)4;/h1,8-9H2,2-7H3;1H4. The highest BCUT2D eigenvalue weighted by molar-refractivity contribution is 5.05. The summed E-state index contributed by atoms with van der Waals surface area (Å²) >= 11 is 0. The van der Waals surface area contributed by atoms with E-state index in [4.69, 9.17) is 4.74 Å². The van der Waals surface area contributed by atoms with E-state index >= 15 is 0 Å². The molecule has 0 N–H and O–H groups in total. The van der Waals surface area contributed by atoms with Gasteiger partial charge in [-0.05, 0) is 16.4 Å². The van der Waals surface area contributed by atoms with Crippen molar-refractivity contribution in [3.05, 3.63) is 12.2 Å². The molecule has 0 bridgehead atoms. The Labute approximate surface area is 90.5 Å². The molecule has 0 aliphatic heterocycles. The van der Waals surface area contributed by atoms with Crippen molar-refractivity contribution in [2.45, 2.75) is 49.0 Å². The smallest absolute Gasteiger partial charge is 0.0679 e. The number of hydrogen-bond acceptors (Lipinski definition) is 1. The van der Waals surface area contributed by atoms with Gasteiger partial charge in [-0.25, -0.2) is 0 Å². The van der Waals surface area contributed by atoms with Gasteiger partial charge in [0.15, 0.2) is 0 Å². The first-order chi connectivity index (χ1) is 5.63. The number of hydrogen-bond donors (Lipinski definition) is 0. The molecule has 0 atom stereocenters. The molecule has 0 aromatic carbocycles. The summed E-state index contributed by atoms with van der Waals surface area (Å²) in [7, 11) is 0. The molecule has 0 amide bonds. The Morgan fingerprint density at radius 3 is 1.79 bits per heavy atom. The highest BCUT2D eigenvalue weighted by Gasteiger charge is 2.16. The lowest BCUT2D eigenvalue weighted by atomic mass is 9.88. The summed E-state index contributed by atoms with van der Waals surface area (Å²) in [5.74, 6) is 0. The van der Waals surface area contributed by atoms with Crippen LogP contribution in [0, 0.1) is 10.8 Å². The van der Waals surface area contributed by atoms with Crippen molar-refractivity contribution < 1.29 is 4.74 Å². The number of ether oxygens (including phenoxy) is 1. The zero-order chi connectivity index (χ0) is 10.7. The van der Waals surface area contributed by atoms with E-state index in [0.29, 0.717) is 6.61 Å². The quantitative estimate of drug-likeness (QED) is 0.618. The average Bonchev–Trinajstić information content (AvgIpc) is 1.82. The number of rotatable bonds is 3. The molecule has 0 rings (SSSR count). The SMILES string of the molecule is C.C=C(COCC(C)(C)C)C(C)(C)C. The van der Waals surface area contributed by atoms with Crippen LogP contribution in [0.25, 0.3) is 0 Å². The fraction of sp³-hybridized carbons (Fsp3) is 0.846. The van der Waals surface area contributed by atoms with Crippen molar-refractivity contribution in [1.82, 2.24) is 0 Å². The van der Waals surface area contributed by atoms with Gasteiger partial charge in [-0.3, -0.25) is 0 Å². The Bertz CT molecular complexity index is 167. The van der Waals surface area contributed by atoms with Crippen LogP contribution in [-0.2, 0) is 4.74 Å². The molecule has 0 aromatic rings. The lowest BCUT2D eigenvalue weighted by Gasteiger charge is -2.24. The lowest BCUT2D eigenvalue weighted by molar-refractivity contribution is 0.0800. The first-order valence-corrected chi connectivity index (χ1v) is 4.89. The minimum absolute atomic E-state index is 0. The van der Waals surface area contributed by atoms with Gasteiger partial charge in [0, 0.05) is 0 Å². The van der Waals surface area contributed by atoms with Crippen molar-refractivity contribution in [3.63, 3.8) is 0 Å². The van der Waals surface area contributed by atoms with Gasteiger partial charge in [-0.1, -0.05) is 55.5 Å². The molecule has 0 saturated carbocycles. The van der Waals surface area contributed by atoms with Crippen LogP contribution in [0.5, 0.6) is 0 Å². The molecule has 0 aromatic heterocycles. The minimum Gasteiger partial charge on any atom is -0.377 e. The van der Waals surface area contributed by atoms with Crippen LogP contribution < -0.4 is 0 Å². The highest BCUT2D eigenvalue weighted by atomic mass is 16.5. The zero-order valence-electron chi connectivity index (χ0n) is 10.0. The summed E-state index contributed by atoms with van der Waals surface area (Å²) in [6.45, 7) is 18.5. The topological polar surface area (TPSA) is 9.23 Å².